The van der Waals surface area contributed by atoms with E-state index in [2.05, 4.69) is 4.52 Å². The molecule has 9 nitrogen and oxygen atoms in total. The number of H-pyrrole nitrogens is 1. The molecule has 1 aliphatic rings. The summed E-state index contributed by atoms with van der Waals surface area (Å²) >= 11 is 5.16. The summed E-state index contributed by atoms with van der Waals surface area (Å²) in [5.74, 6) is 0. The molecule has 5 atom stereocenters. The number of hydrogen-bond acceptors (Lipinski definition) is 7. The minimum absolute atomic E-state index is 0.329. The van der Waals surface area contributed by atoms with Crippen LogP contribution in [0.15, 0.2) is 21.9 Å². The Balaban J connectivity index is 2.29. The maximum Gasteiger partial charge on any atom is 0.633 e. The number of nitrogens with one attached hydrogen (secondary N) is 1. The standard InChI is InChI=1S/C10H12ClN2O7P/c1-10(17)7(15)5(4-19-21(11)18)20-8(10)13-3-2-6(14)12-9(13)16/h2-3,5,7-8,15,17H,4H2,1H3/p+1/t5-,7-,8-,10-/m1/s1. The highest BCUT2D eigenvalue weighted by atomic mass is 35.7. The van der Waals surface area contributed by atoms with E-state index in [1.54, 1.807) is 0 Å². The van der Waals surface area contributed by atoms with Crippen molar-refractivity contribution in [3.8, 4) is 0 Å². The Morgan fingerprint density at radius 1 is 1.62 bits per heavy atom. The second-order valence-corrected chi connectivity index (χ2v) is 6.23. The number of hydrogen-bond donors (Lipinski definition) is 3. The molecule has 0 bridgehead atoms. The van der Waals surface area contributed by atoms with Crippen molar-refractivity contribution in [1.82, 2.24) is 9.55 Å². The van der Waals surface area contributed by atoms with Gasteiger partial charge in [0, 0.05) is 12.3 Å². The van der Waals surface area contributed by atoms with Crippen LogP contribution in [0.2, 0.25) is 0 Å². The van der Waals surface area contributed by atoms with Gasteiger partial charge in [-0.05, 0) is 11.5 Å². The molecular formula is C10H13ClN2O7P+. The van der Waals surface area contributed by atoms with Crippen molar-refractivity contribution in [3.05, 3.63) is 33.1 Å². The first kappa shape index (κ1) is 16.3. The molecule has 21 heavy (non-hydrogen) atoms. The number of ether oxygens (including phenoxy) is 1. The highest BCUT2D eigenvalue weighted by Crippen LogP contribution is 2.39. The van der Waals surface area contributed by atoms with Gasteiger partial charge in [-0.15, -0.1) is 4.52 Å². The predicted octanol–water partition coefficient (Wildman–Crippen LogP) is -0.541. The molecule has 0 aromatic carbocycles. The van der Waals surface area contributed by atoms with Crippen molar-refractivity contribution in [2.24, 2.45) is 0 Å². The van der Waals surface area contributed by atoms with E-state index in [9.17, 15) is 24.4 Å². The molecule has 1 saturated heterocycles. The fourth-order valence-electron chi connectivity index (χ4n) is 2.12. The monoisotopic (exact) mass is 339 g/mol. The smallest absolute Gasteiger partial charge is 0.387 e. The zero-order chi connectivity index (χ0) is 15.8. The largest absolute Gasteiger partial charge is 0.633 e. The number of aliphatic hydroxyl groups excluding tert-OH is 1. The van der Waals surface area contributed by atoms with E-state index < -0.39 is 42.7 Å². The van der Waals surface area contributed by atoms with Crippen LogP contribution in [0.25, 0.3) is 0 Å². The first-order valence-corrected chi connectivity index (χ1v) is 7.95. The molecule has 1 fully saturated rings. The van der Waals surface area contributed by atoms with Crippen LogP contribution in [0.4, 0.5) is 0 Å². The van der Waals surface area contributed by atoms with Crippen LogP contribution >= 0.6 is 18.6 Å². The quantitative estimate of drug-likeness (QED) is 0.628. The summed E-state index contributed by atoms with van der Waals surface area (Å²) < 4.78 is 21.7. The van der Waals surface area contributed by atoms with Crippen LogP contribution in [0, 0.1) is 0 Å². The number of aromatic nitrogens is 2. The van der Waals surface area contributed by atoms with Crippen molar-refractivity contribution in [2.45, 2.75) is 31.0 Å². The Labute approximate surface area is 123 Å². The van der Waals surface area contributed by atoms with E-state index in [4.69, 9.17) is 16.0 Å². The number of aliphatic hydroxyl groups is 2. The van der Waals surface area contributed by atoms with E-state index in [-0.39, 0.29) is 6.61 Å². The van der Waals surface area contributed by atoms with Gasteiger partial charge in [-0.25, -0.2) is 4.79 Å². The van der Waals surface area contributed by atoms with Crippen LogP contribution in [-0.4, -0.2) is 44.2 Å². The van der Waals surface area contributed by atoms with Gasteiger partial charge in [0.05, 0.1) is 0 Å². The maximum atomic E-state index is 11.7. The lowest BCUT2D eigenvalue weighted by Gasteiger charge is -2.27. The second kappa shape index (κ2) is 5.96. The van der Waals surface area contributed by atoms with E-state index in [0.29, 0.717) is 0 Å². The Bertz CT molecular complexity index is 657. The molecule has 2 heterocycles. The Morgan fingerprint density at radius 2 is 2.29 bits per heavy atom. The van der Waals surface area contributed by atoms with Gasteiger partial charge in [0.15, 0.2) is 6.23 Å². The molecule has 1 aromatic rings. The molecule has 0 radical (unpaired) electrons. The Morgan fingerprint density at radius 3 is 2.86 bits per heavy atom. The fourth-order valence-corrected chi connectivity index (χ4v) is 2.55. The first-order valence-electron chi connectivity index (χ1n) is 5.87. The van der Waals surface area contributed by atoms with Gasteiger partial charge in [-0.1, -0.05) is 0 Å². The third-order valence-corrected chi connectivity index (χ3v) is 3.84. The highest BCUT2D eigenvalue weighted by molar-refractivity contribution is 7.69. The number of aromatic amines is 1. The van der Waals surface area contributed by atoms with Gasteiger partial charge in [-0.2, -0.15) is 0 Å². The van der Waals surface area contributed by atoms with Gasteiger partial charge in [0.2, 0.25) is 11.2 Å². The number of nitrogens with zero attached hydrogens (tertiary/aromatic N) is 1. The number of rotatable bonds is 4. The molecule has 3 N–H and O–H groups in total. The van der Waals surface area contributed by atoms with Gasteiger partial charge in [0.25, 0.3) is 5.56 Å². The summed E-state index contributed by atoms with van der Waals surface area (Å²) in [5.41, 5.74) is -3.23. The molecule has 2 rings (SSSR count). The Kier molecular flexibility index (Phi) is 4.62. The average Bonchev–Trinajstić information content (AvgIpc) is 2.60. The molecule has 11 heteroatoms. The summed E-state index contributed by atoms with van der Waals surface area (Å²) in [7, 11) is -2.41. The fraction of sp³-hybridized carbons (Fsp3) is 0.600. The van der Waals surface area contributed by atoms with Gasteiger partial charge >= 0.3 is 13.1 Å². The molecule has 0 amide bonds. The second-order valence-electron chi connectivity index (χ2n) is 4.72. The highest BCUT2D eigenvalue weighted by Gasteiger charge is 2.54. The SMILES string of the molecule is C[C@@]1(O)[C@H](O)[C@@H](CO[P+](=O)Cl)O[C@H]1n1ccc(=O)[nH]c1=O. The zero-order valence-electron chi connectivity index (χ0n) is 10.8. The Hall–Kier alpha value is -1.09. The van der Waals surface area contributed by atoms with Crippen molar-refractivity contribution in [2.75, 3.05) is 6.61 Å². The summed E-state index contributed by atoms with van der Waals surface area (Å²) in [5, 5.41) is 20.3. The van der Waals surface area contributed by atoms with Crippen LogP contribution in [0.1, 0.15) is 13.2 Å². The van der Waals surface area contributed by atoms with Crippen LogP contribution in [0.5, 0.6) is 0 Å². The van der Waals surface area contributed by atoms with Crippen LogP contribution < -0.4 is 11.2 Å². The van der Waals surface area contributed by atoms with Crippen molar-refractivity contribution >= 4 is 18.6 Å². The molecule has 0 saturated carbocycles. The first-order chi connectivity index (χ1) is 9.73. The van der Waals surface area contributed by atoms with E-state index in [0.717, 1.165) is 16.8 Å². The van der Waals surface area contributed by atoms with Gasteiger partial charge in [0.1, 0.15) is 24.4 Å². The van der Waals surface area contributed by atoms with E-state index in [1.807, 2.05) is 4.98 Å². The lowest BCUT2D eigenvalue weighted by atomic mass is 9.96. The minimum atomic E-state index is -2.41. The molecule has 1 aliphatic heterocycles. The maximum absolute atomic E-state index is 11.7. The lowest BCUT2D eigenvalue weighted by Crippen LogP contribution is -2.46. The van der Waals surface area contributed by atoms with Crippen molar-refractivity contribution in [3.63, 3.8) is 0 Å². The molecule has 0 aliphatic carbocycles. The minimum Gasteiger partial charge on any atom is -0.387 e. The third kappa shape index (κ3) is 3.23. The molecule has 1 unspecified atom stereocenters. The molecule has 116 valence electrons. The van der Waals surface area contributed by atoms with E-state index in [1.165, 1.54) is 6.92 Å². The normalized spacial score (nSPS) is 33.1. The van der Waals surface area contributed by atoms with Crippen molar-refractivity contribution < 1.29 is 24.0 Å². The summed E-state index contributed by atoms with van der Waals surface area (Å²) in [6.45, 7) is 0.936. The summed E-state index contributed by atoms with van der Waals surface area (Å²) in [6.07, 6.45) is -2.56. The zero-order valence-corrected chi connectivity index (χ0v) is 12.5. The average molecular weight is 340 g/mol. The van der Waals surface area contributed by atoms with Crippen LogP contribution in [-0.2, 0) is 13.8 Å². The van der Waals surface area contributed by atoms with Gasteiger partial charge < -0.3 is 14.9 Å². The number of halogens is 1. The molecule has 0 spiro atoms. The van der Waals surface area contributed by atoms with Crippen molar-refractivity contribution in [1.29, 1.82) is 0 Å². The topological polar surface area (TPSA) is 131 Å². The summed E-state index contributed by atoms with van der Waals surface area (Å²) in [4.78, 5) is 24.8. The molecular weight excluding hydrogens is 327 g/mol. The predicted molar refractivity (Wildman–Crippen MR) is 71.3 cm³/mol. The molecule has 1 aromatic heterocycles. The third-order valence-electron chi connectivity index (χ3n) is 3.20. The lowest BCUT2D eigenvalue weighted by molar-refractivity contribution is -0.0983. The van der Waals surface area contributed by atoms with Crippen LogP contribution in [0.3, 0.4) is 0 Å². The summed E-state index contributed by atoms with van der Waals surface area (Å²) in [6, 6.07) is 1.08. The van der Waals surface area contributed by atoms with Gasteiger partial charge in [-0.3, -0.25) is 14.3 Å². The van der Waals surface area contributed by atoms with E-state index >= 15 is 0 Å².